The Morgan fingerprint density at radius 2 is 1.67 bits per heavy atom. The zero-order valence-electron chi connectivity index (χ0n) is 11.4. The van der Waals surface area contributed by atoms with E-state index in [-0.39, 0.29) is 23.7 Å². The van der Waals surface area contributed by atoms with Crippen molar-refractivity contribution in [3.05, 3.63) is 71.0 Å². The highest BCUT2D eigenvalue weighted by Gasteiger charge is 2.12. The summed E-state index contributed by atoms with van der Waals surface area (Å²) < 4.78 is 38.7. The van der Waals surface area contributed by atoms with Gasteiger partial charge in [0.1, 0.15) is 5.82 Å². The van der Waals surface area contributed by atoms with Gasteiger partial charge in [-0.05, 0) is 42.9 Å². The van der Waals surface area contributed by atoms with E-state index in [0.29, 0.717) is 6.54 Å². The summed E-state index contributed by atoms with van der Waals surface area (Å²) in [4.78, 5) is 13.7. The molecule has 2 rings (SSSR count). The lowest BCUT2D eigenvalue weighted by molar-refractivity contribution is 0.0942. The molecule has 0 radical (unpaired) electrons. The first kappa shape index (κ1) is 15.3. The molecule has 0 bridgehead atoms. The van der Waals surface area contributed by atoms with Crippen molar-refractivity contribution in [2.75, 3.05) is 13.6 Å². The number of nitrogens with zero attached hydrogens (tertiary/aromatic N) is 1. The van der Waals surface area contributed by atoms with E-state index in [0.717, 1.165) is 17.7 Å². The molecule has 2 aromatic carbocycles. The van der Waals surface area contributed by atoms with Crippen LogP contribution in [-0.4, -0.2) is 24.3 Å². The van der Waals surface area contributed by atoms with E-state index in [9.17, 15) is 18.0 Å². The first-order valence-electron chi connectivity index (χ1n) is 6.37. The second-order valence-electron chi connectivity index (χ2n) is 4.85. The number of hydrogen-bond donors (Lipinski definition) is 0. The number of halogens is 3. The molecule has 110 valence electrons. The fourth-order valence-corrected chi connectivity index (χ4v) is 1.96. The first-order chi connectivity index (χ1) is 9.95. The van der Waals surface area contributed by atoms with Crippen molar-refractivity contribution in [3.63, 3.8) is 0 Å². The Kier molecular flexibility index (Phi) is 4.75. The van der Waals surface area contributed by atoms with E-state index in [1.54, 1.807) is 24.1 Å². The van der Waals surface area contributed by atoms with Crippen molar-refractivity contribution >= 4 is 5.78 Å². The van der Waals surface area contributed by atoms with Gasteiger partial charge in [-0.15, -0.1) is 0 Å². The molecule has 0 aliphatic heterocycles. The first-order valence-corrected chi connectivity index (χ1v) is 6.37. The van der Waals surface area contributed by atoms with Gasteiger partial charge in [-0.25, -0.2) is 13.2 Å². The number of Topliss-reactive ketones (excluding diaryl/α,β-unsaturated/α-hetero) is 1. The molecule has 0 fully saturated rings. The molecule has 0 aliphatic rings. The van der Waals surface area contributed by atoms with Crippen LogP contribution in [0.15, 0.2) is 42.5 Å². The molecule has 5 heteroatoms. The maximum atomic E-state index is 13.1. The predicted molar refractivity (Wildman–Crippen MR) is 73.4 cm³/mol. The van der Waals surface area contributed by atoms with Gasteiger partial charge in [-0.2, -0.15) is 0 Å². The largest absolute Gasteiger partial charge is 0.295 e. The van der Waals surface area contributed by atoms with E-state index in [1.165, 1.54) is 18.2 Å². The molecule has 0 aliphatic carbocycles. The van der Waals surface area contributed by atoms with Crippen LogP contribution in [0.3, 0.4) is 0 Å². The van der Waals surface area contributed by atoms with E-state index >= 15 is 0 Å². The molecular formula is C16H14F3NO. The van der Waals surface area contributed by atoms with Crippen LogP contribution in [0, 0.1) is 17.5 Å². The van der Waals surface area contributed by atoms with Crippen molar-refractivity contribution in [1.29, 1.82) is 0 Å². The van der Waals surface area contributed by atoms with Gasteiger partial charge in [0, 0.05) is 12.1 Å². The molecule has 2 nitrogen and oxygen atoms in total. The SMILES string of the molecule is CN(CC(=O)c1ccc(F)c(F)c1)Cc1ccc(F)cc1. The molecule has 0 spiro atoms. The molecule has 21 heavy (non-hydrogen) atoms. The normalized spacial score (nSPS) is 10.9. The summed E-state index contributed by atoms with van der Waals surface area (Å²) in [6.45, 7) is 0.512. The van der Waals surface area contributed by atoms with Crippen molar-refractivity contribution in [2.45, 2.75) is 6.54 Å². The lowest BCUT2D eigenvalue weighted by atomic mass is 10.1. The summed E-state index contributed by atoms with van der Waals surface area (Å²) in [5.41, 5.74) is 0.983. The Morgan fingerprint density at radius 1 is 1.00 bits per heavy atom. The average Bonchev–Trinajstić information content (AvgIpc) is 2.44. The minimum atomic E-state index is -1.04. The molecule has 0 unspecified atom stereocenters. The van der Waals surface area contributed by atoms with Gasteiger partial charge in [0.25, 0.3) is 0 Å². The van der Waals surface area contributed by atoms with Gasteiger partial charge < -0.3 is 0 Å². The van der Waals surface area contributed by atoms with Crippen LogP contribution in [0.2, 0.25) is 0 Å². The number of rotatable bonds is 5. The molecule has 0 N–H and O–H groups in total. The molecule has 0 amide bonds. The van der Waals surface area contributed by atoms with Crippen LogP contribution in [0.25, 0.3) is 0 Å². The molecule has 0 heterocycles. The predicted octanol–water partition coefficient (Wildman–Crippen LogP) is 3.42. The van der Waals surface area contributed by atoms with E-state index in [1.807, 2.05) is 0 Å². The van der Waals surface area contributed by atoms with Crippen molar-refractivity contribution in [2.24, 2.45) is 0 Å². The average molecular weight is 293 g/mol. The van der Waals surface area contributed by atoms with Crippen LogP contribution in [0.1, 0.15) is 15.9 Å². The minimum Gasteiger partial charge on any atom is -0.295 e. The van der Waals surface area contributed by atoms with Crippen molar-refractivity contribution in [1.82, 2.24) is 4.90 Å². The molecular weight excluding hydrogens is 279 g/mol. The van der Waals surface area contributed by atoms with Gasteiger partial charge in [0.05, 0.1) is 6.54 Å². The summed E-state index contributed by atoms with van der Waals surface area (Å²) in [7, 11) is 1.72. The topological polar surface area (TPSA) is 20.3 Å². The highest BCUT2D eigenvalue weighted by Crippen LogP contribution is 2.11. The Morgan fingerprint density at radius 3 is 2.29 bits per heavy atom. The second-order valence-corrected chi connectivity index (χ2v) is 4.85. The number of ketones is 1. The second kappa shape index (κ2) is 6.54. The maximum absolute atomic E-state index is 13.1. The quantitative estimate of drug-likeness (QED) is 0.787. The monoisotopic (exact) mass is 293 g/mol. The lowest BCUT2D eigenvalue weighted by Gasteiger charge is -2.16. The molecule has 2 aromatic rings. The highest BCUT2D eigenvalue weighted by molar-refractivity contribution is 5.97. The van der Waals surface area contributed by atoms with E-state index in [2.05, 4.69) is 0 Å². The summed E-state index contributed by atoms with van der Waals surface area (Å²) >= 11 is 0. The lowest BCUT2D eigenvalue weighted by Crippen LogP contribution is -2.25. The Bertz CT molecular complexity index is 640. The van der Waals surface area contributed by atoms with Gasteiger partial charge in [-0.3, -0.25) is 9.69 Å². The third kappa shape index (κ3) is 4.16. The van der Waals surface area contributed by atoms with Crippen LogP contribution in [0.4, 0.5) is 13.2 Å². The van der Waals surface area contributed by atoms with Crippen LogP contribution in [-0.2, 0) is 6.54 Å². The van der Waals surface area contributed by atoms with Gasteiger partial charge in [-0.1, -0.05) is 12.1 Å². The van der Waals surface area contributed by atoms with Gasteiger partial charge in [0.2, 0.25) is 0 Å². The number of likely N-dealkylation sites (N-methyl/N-ethyl adjacent to an activating group) is 1. The van der Waals surface area contributed by atoms with Gasteiger partial charge in [0.15, 0.2) is 17.4 Å². The molecule has 0 atom stereocenters. The van der Waals surface area contributed by atoms with E-state index in [4.69, 9.17) is 0 Å². The van der Waals surface area contributed by atoms with E-state index < -0.39 is 11.6 Å². The Balaban J connectivity index is 1.98. The summed E-state index contributed by atoms with van der Waals surface area (Å²) in [6, 6.07) is 9.04. The van der Waals surface area contributed by atoms with Crippen molar-refractivity contribution in [3.8, 4) is 0 Å². The van der Waals surface area contributed by atoms with Gasteiger partial charge >= 0.3 is 0 Å². The minimum absolute atomic E-state index is 0.0580. The number of carbonyl (C=O) groups excluding carboxylic acids is 1. The number of carbonyl (C=O) groups is 1. The zero-order valence-corrected chi connectivity index (χ0v) is 11.4. The summed E-state index contributed by atoms with van der Waals surface area (Å²) in [5, 5.41) is 0. The standard InChI is InChI=1S/C16H14F3NO/c1-20(9-11-2-5-13(17)6-3-11)10-16(21)12-4-7-14(18)15(19)8-12/h2-8H,9-10H2,1H3. The van der Waals surface area contributed by atoms with Crippen LogP contribution < -0.4 is 0 Å². The summed E-state index contributed by atoms with van der Waals surface area (Å²) in [6.07, 6.45) is 0. The molecule has 0 saturated heterocycles. The van der Waals surface area contributed by atoms with Crippen LogP contribution >= 0.6 is 0 Å². The Labute approximate surface area is 120 Å². The molecule has 0 aromatic heterocycles. The fourth-order valence-electron chi connectivity index (χ4n) is 1.96. The number of hydrogen-bond acceptors (Lipinski definition) is 2. The fraction of sp³-hybridized carbons (Fsp3) is 0.188. The Hall–Kier alpha value is -2.14. The molecule has 0 saturated carbocycles. The van der Waals surface area contributed by atoms with Crippen LogP contribution in [0.5, 0.6) is 0 Å². The zero-order chi connectivity index (χ0) is 15.4. The highest BCUT2D eigenvalue weighted by atomic mass is 19.2. The summed E-state index contributed by atoms with van der Waals surface area (Å²) in [5.74, 6) is -2.65. The number of benzene rings is 2. The third-order valence-corrected chi connectivity index (χ3v) is 3.02. The smallest absolute Gasteiger partial charge is 0.176 e. The van der Waals surface area contributed by atoms with Crippen molar-refractivity contribution < 1.29 is 18.0 Å². The maximum Gasteiger partial charge on any atom is 0.176 e. The third-order valence-electron chi connectivity index (χ3n) is 3.02.